The molecule has 1 aromatic rings. The normalized spacial score (nSPS) is 11.6. The summed E-state index contributed by atoms with van der Waals surface area (Å²) in [6, 6.07) is 0. The van der Waals surface area contributed by atoms with Gasteiger partial charge < -0.3 is 15.7 Å². The minimum Gasteiger partial charge on any atom is -0.389 e. The predicted octanol–water partition coefficient (Wildman–Crippen LogP) is 0.704. The molecule has 1 heterocycles. The molecule has 0 fully saturated rings. The highest BCUT2D eigenvalue weighted by atomic mass is 35.5. The van der Waals surface area contributed by atoms with E-state index in [0.29, 0.717) is 19.0 Å². The van der Waals surface area contributed by atoms with Crippen LogP contribution in [0.25, 0.3) is 0 Å². The summed E-state index contributed by atoms with van der Waals surface area (Å²) in [5.41, 5.74) is 4.64. The van der Waals surface area contributed by atoms with E-state index in [4.69, 9.17) is 17.3 Å². The van der Waals surface area contributed by atoms with Crippen molar-refractivity contribution >= 4 is 23.5 Å². The maximum atomic E-state index is 9.74. The van der Waals surface area contributed by atoms with Crippen LogP contribution >= 0.6 is 11.6 Å². The fourth-order valence-electron chi connectivity index (χ4n) is 1.29. The van der Waals surface area contributed by atoms with Gasteiger partial charge in [0.15, 0.2) is 0 Å². The highest BCUT2D eigenvalue weighted by Crippen LogP contribution is 2.14. The molecule has 3 N–H and O–H groups in total. The van der Waals surface area contributed by atoms with E-state index >= 15 is 0 Å². The number of anilines is 2. The molecule has 0 atom stereocenters. The Morgan fingerprint density at radius 2 is 2.00 bits per heavy atom. The Labute approximate surface area is 99.5 Å². The molecule has 0 aliphatic heterocycles. The maximum Gasteiger partial charge on any atom is 0.231 e. The standard InChI is InChI=1S/C9H16ClN5O/c1-4-15(5-9(2,3)16)8-13-6(10)12-7(11)14-8/h16H,4-5H2,1-3H3,(H2,11,12,13,14). The molecule has 0 spiro atoms. The van der Waals surface area contributed by atoms with Crippen LogP contribution in [0.15, 0.2) is 0 Å². The second-order valence-corrected chi connectivity index (χ2v) is 4.43. The molecule has 0 unspecified atom stereocenters. The van der Waals surface area contributed by atoms with Gasteiger partial charge in [-0.2, -0.15) is 15.0 Å². The largest absolute Gasteiger partial charge is 0.389 e. The topological polar surface area (TPSA) is 88.2 Å². The lowest BCUT2D eigenvalue weighted by molar-refractivity contribution is 0.0872. The van der Waals surface area contributed by atoms with Crippen molar-refractivity contribution in [2.75, 3.05) is 23.7 Å². The lowest BCUT2D eigenvalue weighted by Gasteiger charge is -2.27. The fourth-order valence-corrected chi connectivity index (χ4v) is 1.45. The number of hydrogen-bond donors (Lipinski definition) is 2. The van der Waals surface area contributed by atoms with Gasteiger partial charge in [-0.05, 0) is 32.4 Å². The zero-order chi connectivity index (χ0) is 12.3. The molecule has 0 amide bonds. The number of likely N-dealkylation sites (N-methyl/N-ethyl adjacent to an activating group) is 1. The lowest BCUT2D eigenvalue weighted by Crippen LogP contribution is -2.39. The zero-order valence-corrected chi connectivity index (χ0v) is 10.4. The predicted molar refractivity (Wildman–Crippen MR) is 63.4 cm³/mol. The second kappa shape index (κ2) is 4.80. The van der Waals surface area contributed by atoms with Crippen molar-refractivity contribution in [1.82, 2.24) is 15.0 Å². The van der Waals surface area contributed by atoms with E-state index in [1.165, 1.54) is 0 Å². The van der Waals surface area contributed by atoms with Crippen LogP contribution in [0.5, 0.6) is 0 Å². The molecular formula is C9H16ClN5O. The third-order valence-corrected chi connectivity index (χ3v) is 2.03. The van der Waals surface area contributed by atoms with Gasteiger partial charge in [0.1, 0.15) is 0 Å². The number of halogens is 1. The van der Waals surface area contributed by atoms with Crippen LogP contribution in [0.3, 0.4) is 0 Å². The van der Waals surface area contributed by atoms with Gasteiger partial charge in [-0.3, -0.25) is 0 Å². The van der Waals surface area contributed by atoms with Gasteiger partial charge in [0.05, 0.1) is 5.60 Å². The molecule has 0 saturated heterocycles. The Balaban J connectivity index is 2.95. The number of hydrogen-bond acceptors (Lipinski definition) is 6. The Kier molecular flexibility index (Phi) is 3.88. The van der Waals surface area contributed by atoms with E-state index in [9.17, 15) is 5.11 Å². The van der Waals surface area contributed by atoms with Crippen molar-refractivity contribution in [3.63, 3.8) is 0 Å². The highest BCUT2D eigenvalue weighted by Gasteiger charge is 2.20. The second-order valence-electron chi connectivity index (χ2n) is 4.09. The summed E-state index contributed by atoms with van der Waals surface area (Å²) in [6.45, 7) is 6.39. The average molecular weight is 246 g/mol. The first-order valence-electron chi connectivity index (χ1n) is 4.96. The maximum absolute atomic E-state index is 9.74. The summed E-state index contributed by atoms with van der Waals surface area (Å²) in [7, 11) is 0. The van der Waals surface area contributed by atoms with Crippen LogP contribution in [0.4, 0.5) is 11.9 Å². The van der Waals surface area contributed by atoms with E-state index in [-0.39, 0.29) is 11.2 Å². The van der Waals surface area contributed by atoms with Gasteiger partial charge in [0.25, 0.3) is 0 Å². The molecule has 0 bridgehead atoms. The van der Waals surface area contributed by atoms with Crippen molar-refractivity contribution in [3.8, 4) is 0 Å². The van der Waals surface area contributed by atoms with Crippen molar-refractivity contribution in [1.29, 1.82) is 0 Å². The number of aliphatic hydroxyl groups is 1. The number of nitrogen functional groups attached to an aromatic ring is 1. The van der Waals surface area contributed by atoms with Gasteiger partial charge >= 0.3 is 0 Å². The minimum atomic E-state index is -0.843. The number of nitrogens with two attached hydrogens (primary N) is 1. The molecule has 0 aliphatic rings. The number of rotatable bonds is 4. The molecule has 0 aliphatic carbocycles. The van der Waals surface area contributed by atoms with Gasteiger partial charge in [-0.25, -0.2) is 0 Å². The fraction of sp³-hybridized carbons (Fsp3) is 0.667. The average Bonchev–Trinajstić information content (AvgIpc) is 2.11. The summed E-state index contributed by atoms with van der Waals surface area (Å²) < 4.78 is 0. The van der Waals surface area contributed by atoms with Crippen LogP contribution in [0, 0.1) is 0 Å². The van der Waals surface area contributed by atoms with Crippen LogP contribution in [-0.4, -0.2) is 38.7 Å². The third-order valence-electron chi connectivity index (χ3n) is 1.86. The summed E-state index contributed by atoms with van der Waals surface area (Å²) in [6.07, 6.45) is 0. The van der Waals surface area contributed by atoms with E-state index in [1.807, 2.05) is 6.92 Å². The van der Waals surface area contributed by atoms with E-state index in [0.717, 1.165) is 0 Å². The number of aromatic nitrogens is 3. The van der Waals surface area contributed by atoms with Crippen LogP contribution < -0.4 is 10.6 Å². The Bertz CT molecular complexity index is 345. The molecule has 6 nitrogen and oxygen atoms in total. The molecule has 7 heteroatoms. The molecule has 90 valence electrons. The summed E-state index contributed by atoms with van der Waals surface area (Å²) >= 11 is 5.69. The van der Waals surface area contributed by atoms with Crippen molar-refractivity contribution in [2.24, 2.45) is 0 Å². The van der Waals surface area contributed by atoms with Gasteiger partial charge in [0.2, 0.25) is 17.2 Å². The Morgan fingerprint density at radius 1 is 1.38 bits per heavy atom. The van der Waals surface area contributed by atoms with E-state index in [1.54, 1.807) is 18.7 Å². The minimum absolute atomic E-state index is 0.0525. The van der Waals surface area contributed by atoms with Gasteiger partial charge in [-0.15, -0.1) is 0 Å². The summed E-state index contributed by atoms with van der Waals surface area (Å²) in [5, 5.41) is 9.79. The molecule has 16 heavy (non-hydrogen) atoms. The molecule has 0 saturated carbocycles. The summed E-state index contributed by atoms with van der Waals surface area (Å²) in [5.74, 6) is 0.450. The first-order valence-corrected chi connectivity index (χ1v) is 5.34. The van der Waals surface area contributed by atoms with Crippen LogP contribution in [0.1, 0.15) is 20.8 Å². The lowest BCUT2D eigenvalue weighted by atomic mass is 10.1. The molecule has 0 aromatic carbocycles. The quantitative estimate of drug-likeness (QED) is 0.812. The third kappa shape index (κ3) is 3.79. The van der Waals surface area contributed by atoms with Crippen LogP contribution in [-0.2, 0) is 0 Å². The molecule has 1 rings (SSSR count). The molecule has 0 radical (unpaired) electrons. The van der Waals surface area contributed by atoms with Crippen molar-refractivity contribution < 1.29 is 5.11 Å². The van der Waals surface area contributed by atoms with Gasteiger partial charge in [-0.1, -0.05) is 0 Å². The van der Waals surface area contributed by atoms with Crippen LogP contribution in [0.2, 0.25) is 5.28 Å². The van der Waals surface area contributed by atoms with Gasteiger partial charge in [0, 0.05) is 13.1 Å². The summed E-state index contributed by atoms with van der Waals surface area (Å²) in [4.78, 5) is 13.4. The first kappa shape index (κ1) is 12.9. The Hall–Kier alpha value is -1.14. The smallest absolute Gasteiger partial charge is 0.231 e. The van der Waals surface area contributed by atoms with E-state index < -0.39 is 5.60 Å². The first-order chi connectivity index (χ1) is 7.31. The monoisotopic (exact) mass is 245 g/mol. The van der Waals surface area contributed by atoms with Crippen molar-refractivity contribution in [2.45, 2.75) is 26.4 Å². The zero-order valence-electron chi connectivity index (χ0n) is 9.61. The molecule has 1 aromatic heterocycles. The van der Waals surface area contributed by atoms with Crippen molar-refractivity contribution in [3.05, 3.63) is 5.28 Å². The Morgan fingerprint density at radius 3 is 2.44 bits per heavy atom. The highest BCUT2D eigenvalue weighted by molar-refractivity contribution is 6.28. The number of nitrogens with zero attached hydrogens (tertiary/aromatic N) is 4. The SMILES string of the molecule is CCN(CC(C)(C)O)c1nc(N)nc(Cl)n1. The molecular weight excluding hydrogens is 230 g/mol. The van der Waals surface area contributed by atoms with E-state index in [2.05, 4.69) is 15.0 Å².